The van der Waals surface area contributed by atoms with E-state index in [1.165, 1.54) is 16.1 Å². The van der Waals surface area contributed by atoms with Crippen LogP contribution in [-0.4, -0.2) is 61.7 Å². The van der Waals surface area contributed by atoms with Crippen molar-refractivity contribution in [3.05, 3.63) is 28.7 Å². The fourth-order valence-electron chi connectivity index (χ4n) is 2.17. The Morgan fingerprint density at radius 1 is 1.29 bits per heavy atom. The monoisotopic (exact) mass is 392 g/mol. The Morgan fingerprint density at radius 3 is 2.52 bits per heavy atom. The highest BCUT2D eigenvalue weighted by molar-refractivity contribution is 9.10. The SMILES string of the molecule is CSCC(=O)N1CCN(S(=O)(=O)c2cccc(Br)c2)CC1. The van der Waals surface area contributed by atoms with E-state index in [9.17, 15) is 13.2 Å². The Bertz CT molecular complexity index is 614. The van der Waals surface area contributed by atoms with Gasteiger partial charge in [-0.2, -0.15) is 16.1 Å². The minimum absolute atomic E-state index is 0.0713. The molecular formula is C13H17BrN2O3S2. The van der Waals surface area contributed by atoms with E-state index in [0.717, 1.165) is 4.47 Å². The summed E-state index contributed by atoms with van der Waals surface area (Å²) in [5.74, 6) is 0.514. The van der Waals surface area contributed by atoms with Crippen LogP contribution >= 0.6 is 27.7 Å². The number of nitrogens with zero attached hydrogens (tertiary/aromatic N) is 2. The molecule has 8 heteroatoms. The maximum atomic E-state index is 12.5. The number of thioether (sulfide) groups is 1. The van der Waals surface area contributed by atoms with Crippen LogP contribution in [0.25, 0.3) is 0 Å². The summed E-state index contributed by atoms with van der Waals surface area (Å²) < 4.78 is 27.3. The Kier molecular flexibility index (Phi) is 5.70. The van der Waals surface area contributed by atoms with Gasteiger partial charge in [-0.15, -0.1) is 0 Å². The number of benzene rings is 1. The van der Waals surface area contributed by atoms with Crippen molar-refractivity contribution in [2.45, 2.75) is 4.90 Å². The number of sulfonamides is 1. The minimum Gasteiger partial charge on any atom is -0.339 e. The predicted molar refractivity (Wildman–Crippen MR) is 87.9 cm³/mol. The Labute approximate surface area is 137 Å². The van der Waals surface area contributed by atoms with E-state index < -0.39 is 10.0 Å². The Balaban J connectivity index is 2.06. The van der Waals surface area contributed by atoms with Gasteiger partial charge in [-0.05, 0) is 24.5 Å². The Morgan fingerprint density at radius 2 is 1.95 bits per heavy atom. The molecule has 1 aliphatic rings. The van der Waals surface area contributed by atoms with Crippen molar-refractivity contribution in [2.75, 3.05) is 38.2 Å². The molecule has 0 radical (unpaired) electrons. The zero-order valence-corrected chi connectivity index (χ0v) is 14.9. The van der Waals surface area contributed by atoms with Gasteiger partial charge in [0.2, 0.25) is 15.9 Å². The van der Waals surface area contributed by atoms with Gasteiger partial charge in [-0.3, -0.25) is 4.79 Å². The zero-order valence-electron chi connectivity index (χ0n) is 11.7. The number of halogens is 1. The first-order valence-corrected chi connectivity index (χ1v) is 10.1. The number of hydrogen-bond donors (Lipinski definition) is 0. The largest absolute Gasteiger partial charge is 0.339 e. The van der Waals surface area contributed by atoms with Gasteiger partial charge in [0.05, 0.1) is 10.6 Å². The van der Waals surface area contributed by atoms with Crippen molar-refractivity contribution in [3.63, 3.8) is 0 Å². The summed E-state index contributed by atoms with van der Waals surface area (Å²) in [6.07, 6.45) is 1.88. The molecule has 0 N–H and O–H groups in total. The van der Waals surface area contributed by atoms with E-state index in [2.05, 4.69) is 15.9 Å². The quantitative estimate of drug-likeness (QED) is 0.781. The molecule has 5 nitrogen and oxygen atoms in total. The van der Waals surface area contributed by atoms with Gasteiger partial charge in [-0.1, -0.05) is 22.0 Å². The van der Waals surface area contributed by atoms with Crippen LogP contribution < -0.4 is 0 Å². The third kappa shape index (κ3) is 4.00. The topological polar surface area (TPSA) is 57.7 Å². The van der Waals surface area contributed by atoms with Gasteiger partial charge in [0.25, 0.3) is 0 Å². The highest BCUT2D eigenvalue weighted by atomic mass is 79.9. The van der Waals surface area contributed by atoms with Gasteiger partial charge in [0.1, 0.15) is 0 Å². The Hall–Kier alpha value is -0.570. The minimum atomic E-state index is -3.49. The average Bonchev–Trinajstić information content (AvgIpc) is 2.47. The summed E-state index contributed by atoms with van der Waals surface area (Å²) in [5, 5.41) is 0. The molecule has 1 aliphatic heterocycles. The van der Waals surface area contributed by atoms with E-state index in [1.54, 1.807) is 29.2 Å². The van der Waals surface area contributed by atoms with Crippen LogP contribution in [0.1, 0.15) is 0 Å². The third-order valence-electron chi connectivity index (χ3n) is 3.29. The van der Waals surface area contributed by atoms with Crippen LogP contribution in [0.15, 0.2) is 33.6 Å². The number of hydrogen-bond acceptors (Lipinski definition) is 4. The van der Waals surface area contributed by atoms with E-state index >= 15 is 0 Å². The fraction of sp³-hybridized carbons (Fsp3) is 0.462. The van der Waals surface area contributed by atoms with Crippen LogP contribution in [0.4, 0.5) is 0 Å². The molecule has 0 atom stereocenters. The van der Waals surface area contributed by atoms with Crippen molar-refractivity contribution in [3.8, 4) is 0 Å². The second-order valence-corrected chi connectivity index (χ2v) is 8.39. The van der Waals surface area contributed by atoms with Crippen molar-refractivity contribution in [1.82, 2.24) is 9.21 Å². The van der Waals surface area contributed by atoms with E-state index in [-0.39, 0.29) is 10.8 Å². The lowest BCUT2D eigenvalue weighted by molar-refractivity contribution is -0.129. The lowest BCUT2D eigenvalue weighted by Crippen LogP contribution is -2.50. The molecule has 1 heterocycles. The van der Waals surface area contributed by atoms with Crippen LogP contribution in [0, 0.1) is 0 Å². The first kappa shape index (κ1) is 16.8. The zero-order chi connectivity index (χ0) is 15.5. The van der Waals surface area contributed by atoms with Gasteiger partial charge >= 0.3 is 0 Å². The van der Waals surface area contributed by atoms with Gasteiger partial charge in [-0.25, -0.2) is 8.42 Å². The van der Waals surface area contributed by atoms with E-state index in [1.807, 2.05) is 6.26 Å². The van der Waals surface area contributed by atoms with Crippen molar-refractivity contribution >= 4 is 43.6 Å². The number of rotatable bonds is 4. The second kappa shape index (κ2) is 7.13. The second-order valence-electron chi connectivity index (χ2n) is 4.68. The molecule has 0 spiro atoms. The summed E-state index contributed by atoms with van der Waals surface area (Å²) in [5.41, 5.74) is 0. The number of carbonyl (C=O) groups is 1. The summed E-state index contributed by atoms with van der Waals surface area (Å²) in [6.45, 7) is 1.59. The highest BCUT2D eigenvalue weighted by Crippen LogP contribution is 2.21. The van der Waals surface area contributed by atoms with Gasteiger partial charge in [0, 0.05) is 30.7 Å². The maximum Gasteiger partial charge on any atom is 0.243 e. The number of piperazine rings is 1. The van der Waals surface area contributed by atoms with Gasteiger partial charge < -0.3 is 4.90 Å². The van der Waals surface area contributed by atoms with Gasteiger partial charge in [0.15, 0.2) is 0 Å². The molecule has 0 bridgehead atoms. The molecule has 21 heavy (non-hydrogen) atoms. The van der Waals surface area contributed by atoms with Crippen molar-refractivity contribution < 1.29 is 13.2 Å². The normalized spacial score (nSPS) is 17.0. The fourth-order valence-corrected chi connectivity index (χ4v) is 4.62. The molecule has 1 saturated heterocycles. The standard InChI is InChI=1S/C13H17BrN2O3S2/c1-20-10-13(17)15-5-7-16(8-6-15)21(18,19)12-4-2-3-11(14)9-12/h2-4,9H,5-8,10H2,1H3. The molecule has 0 aromatic heterocycles. The first-order chi connectivity index (χ1) is 9.95. The first-order valence-electron chi connectivity index (χ1n) is 6.47. The predicted octanol–water partition coefficient (Wildman–Crippen LogP) is 1.65. The molecule has 1 amide bonds. The highest BCUT2D eigenvalue weighted by Gasteiger charge is 2.29. The third-order valence-corrected chi connectivity index (χ3v) is 6.22. The smallest absolute Gasteiger partial charge is 0.243 e. The molecule has 1 aromatic rings. The van der Waals surface area contributed by atoms with Crippen LogP contribution in [0.2, 0.25) is 0 Å². The summed E-state index contributed by atoms with van der Waals surface area (Å²) in [4.78, 5) is 13.8. The maximum absolute atomic E-state index is 12.5. The molecular weight excluding hydrogens is 376 g/mol. The van der Waals surface area contributed by atoms with Crippen molar-refractivity contribution in [1.29, 1.82) is 0 Å². The molecule has 2 rings (SSSR count). The molecule has 0 aliphatic carbocycles. The molecule has 0 saturated carbocycles. The van der Waals surface area contributed by atoms with Crippen LogP contribution in [0.5, 0.6) is 0 Å². The molecule has 1 fully saturated rings. The van der Waals surface area contributed by atoms with E-state index in [4.69, 9.17) is 0 Å². The lowest BCUT2D eigenvalue weighted by Gasteiger charge is -2.34. The summed E-state index contributed by atoms with van der Waals surface area (Å²) in [6, 6.07) is 6.68. The lowest BCUT2D eigenvalue weighted by atomic mass is 10.3. The van der Waals surface area contributed by atoms with Crippen LogP contribution in [0.3, 0.4) is 0 Å². The number of carbonyl (C=O) groups excluding carboxylic acids is 1. The molecule has 1 aromatic carbocycles. The molecule has 0 unspecified atom stereocenters. The summed E-state index contributed by atoms with van der Waals surface area (Å²) >= 11 is 4.77. The van der Waals surface area contributed by atoms with Crippen molar-refractivity contribution in [2.24, 2.45) is 0 Å². The number of amides is 1. The average molecular weight is 393 g/mol. The molecule has 116 valence electrons. The van der Waals surface area contributed by atoms with Crippen LogP contribution in [-0.2, 0) is 14.8 Å². The summed E-state index contributed by atoms with van der Waals surface area (Å²) in [7, 11) is -3.49. The van der Waals surface area contributed by atoms with E-state index in [0.29, 0.717) is 31.9 Å².